The first-order valence-corrected chi connectivity index (χ1v) is 11.0. The minimum absolute atomic E-state index is 0.0761. The molecule has 2 aromatic rings. The van der Waals surface area contributed by atoms with Gasteiger partial charge in [0.2, 0.25) is 5.91 Å². The standard InChI is InChI=1S/C21H25Cl2F3N4O2/c1-13(2)10-16-19(23)20(21(24,25)26)30(27-16)12-18(31)29-8-6-28(7-9-29)14-4-5-15(22)17(11-14)32-3/h4-5,11,13H,6-10,12H2,1-3H3. The molecule has 1 aliphatic rings. The Bertz CT molecular complexity index is 971. The lowest BCUT2D eigenvalue weighted by Gasteiger charge is -2.36. The first kappa shape index (κ1) is 24.5. The fourth-order valence-corrected chi connectivity index (χ4v) is 4.19. The van der Waals surface area contributed by atoms with E-state index in [2.05, 4.69) is 10.00 Å². The number of alkyl halides is 3. The highest BCUT2D eigenvalue weighted by atomic mass is 35.5. The average molecular weight is 493 g/mol. The number of rotatable bonds is 6. The number of halogens is 5. The quantitative estimate of drug-likeness (QED) is 0.582. The fourth-order valence-electron chi connectivity index (χ4n) is 3.68. The van der Waals surface area contributed by atoms with Gasteiger partial charge in [-0.05, 0) is 24.5 Å². The van der Waals surface area contributed by atoms with E-state index >= 15 is 0 Å². The van der Waals surface area contributed by atoms with Crippen LogP contribution in [0.25, 0.3) is 0 Å². The van der Waals surface area contributed by atoms with Crippen LogP contribution >= 0.6 is 23.2 Å². The van der Waals surface area contributed by atoms with Gasteiger partial charge in [-0.1, -0.05) is 37.0 Å². The van der Waals surface area contributed by atoms with E-state index in [-0.39, 0.29) is 11.6 Å². The van der Waals surface area contributed by atoms with Crippen LogP contribution in [-0.2, 0) is 23.9 Å². The van der Waals surface area contributed by atoms with Gasteiger partial charge in [0, 0.05) is 37.9 Å². The lowest BCUT2D eigenvalue weighted by Crippen LogP contribution is -2.49. The van der Waals surface area contributed by atoms with Crippen LogP contribution < -0.4 is 9.64 Å². The highest BCUT2D eigenvalue weighted by molar-refractivity contribution is 6.32. The molecule has 0 aliphatic carbocycles. The second-order valence-corrected chi connectivity index (χ2v) is 8.83. The summed E-state index contributed by atoms with van der Waals surface area (Å²) in [6.45, 7) is 5.02. The summed E-state index contributed by atoms with van der Waals surface area (Å²) in [5.41, 5.74) is -0.0201. The molecule has 176 valence electrons. The predicted molar refractivity (Wildman–Crippen MR) is 118 cm³/mol. The summed E-state index contributed by atoms with van der Waals surface area (Å²) in [6, 6.07) is 5.42. The number of aromatic nitrogens is 2. The number of hydrogen-bond acceptors (Lipinski definition) is 4. The van der Waals surface area contributed by atoms with Crippen molar-refractivity contribution >= 4 is 34.8 Å². The Balaban J connectivity index is 1.70. The van der Waals surface area contributed by atoms with E-state index in [9.17, 15) is 18.0 Å². The second-order valence-electron chi connectivity index (χ2n) is 8.05. The molecule has 0 saturated carbocycles. The molecule has 0 bridgehead atoms. The fraction of sp³-hybridized carbons (Fsp3) is 0.524. The Morgan fingerprint density at radius 2 is 1.84 bits per heavy atom. The largest absolute Gasteiger partial charge is 0.495 e. The van der Waals surface area contributed by atoms with Crippen molar-refractivity contribution in [1.29, 1.82) is 0 Å². The Labute approximate surface area is 194 Å². The van der Waals surface area contributed by atoms with E-state index < -0.39 is 29.3 Å². The zero-order valence-electron chi connectivity index (χ0n) is 18.0. The van der Waals surface area contributed by atoms with Gasteiger partial charge >= 0.3 is 6.18 Å². The molecule has 1 aromatic heterocycles. The number of methoxy groups -OCH3 is 1. The van der Waals surface area contributed by atoms with Gasteiger partial charge < -0.3 is 14.5 Å². The van der Waals surface area contributed by atoms with Crippen molar-refractivity contribution in [2.75, 3.05) is 38.2 Å². The number of ether oxygens (including phenoxy) is 1. The van der Waals surface area contributed by atoms with Crippen LogP contribution in [0.1, 0.15) is 25.2 Å². The molecular weight excluding hydrogens is 468 g/mol. The summed E-state index contributed by atoms with van der Waals surface area (Å²) in [7, 11) is 1.53. The van der Waals surface area contributed by atoms with E-state index in [0.29, 0.717) is 48.1 Å². The minimum atomic E-state index is -4.70. The molecule has 6 nitrogen and oxygen atoms in total. The number of hydrogen-bond donors (Lipinski definition) is 0. The third-order valence-corrected chi connectivity index (χ3v) is 5.96. The summed E-state index contributed by atoms with van der Waals surface area (Å²) in [5, 5.41) is 4.09. The van der Waals surface area contributed by atoms with Crippen LogP contribution in [-0.4, -0.2) is 53.9 Å². The van der Waals surface area contributed by atoms with Gasteiger partial charge in [-0.3, -0.25) is 4.79 Å². The van der Waals surface area contributed by atoms with Crippen molar-refractivity contribution in [3.05, 3.63) is 39.6 Å². The third kappa shape index (κ3) is 5.43. The van der Waals surface area contributed by atoms with Crippen LogP contribution in [0.3, 0.4) is 0 Å². The van der Waals surface area contributed by atoms with Gasteiger partial charge in [-0.15, -0.1) is 0 Å². The van der Waals surface area contributed by atoms with Crippen LogP contribution in [0.5, 0.6) is 5.75 Å². The smallest absolute Gasteiger partial charge is 0.434 e. The first-order chi connectivity index (χ1) is 15.0. The first-order valence-electron chi connectivity index (χ1n) is 10.2. The maximum atomic E-state index is 13.6. The number of piperazine rings is 1. The van der Waals surface area contributed by atoms with Crippen LogP contribution in [0.15, 0.2) is 18.2 Å². The normalized spacial score (nSPS) is 14.9. The second kappa shape index (κ2) is 9.79. The number of nitrogens with zero attached hydrogens (tertiary/aromatic N) is 4. The van der Waals surface area contributed by atoms with E-state index in [1.54, 1.807) is 11.0 Å². The van der Waals surface area contributed by atoms with Crippen LogP contribution in [0, 0.1) is 5.92 Å². The van der Waals surface area contributed by atoms with Crippen molar-refractivity contribution in [3.8, 4) is 5.75 Å². The van der Waals surface area contributed by atoms with Gasteiger partial charge in [0.25, 0.3) is 0 Å². The molecule has 3 rings (SSSR count). The predicted octanol–water partition coefficient (Wildman–Crippen LogP) is 4.76. The Kier molecular flexibility index (Phi) is 7.50. The highest BCUT2D eigenvalue weighted by Gasteiger charge is 2.40. The van der Waals surface area contributed by atoms with Crippen LogP contribution in [0.2, 0.25) is 10.0 Å². The molecule has 0 radical (unpaired) electrons. The summed E-state index contributed by atoms with van der Waals surface area (Å²) < 4.78 is 46.7. The molecule has 1 fully saturated rings. The molecule has 0 unspecified atom stereocenters. The molecule has 2 heterocycles. The molecule has 11 heteroatoms. The topological polar surface area (TPSA) is 50.6 Å². The minimum Gasteiger partial charge on any atom is -0.495 e. The number of anilines is 1. The molecule has 1 aliphatic heterocycles. The van der Waals surface area contributed by atoms with E-state index in [1.807, 2.05) is 26.0 Å². The molecule has 0 atom stereocenters. The third-order valence-electron chi connectivity index (χ3n) is 5.25. The van der Waals surface area contributed by atoms with Gasteiger partial charge in [0.05, 0.1) is 22.8 Å². The Morgan fingerprint density at radius 3 is 2.41 bits per heavy atom. The molecule has 1 amide bonds. The monoisotopic (exact) mass is 492 g/mol. The molecule has 1 aromatic carbocycles. The summed E-state index contributed by atoms with van der Waals surface area (Å²) in [4.78, 5) is 16.4. The van der Waals surface area contributed by atoms with E-state index in [1.165, 1.54) is 7.11 Å². The number of benzene rings is 1. The van der Waals surface area contributed by atoms with Crippen molar-refractivity contribution in [3.63, 3.8) is 0 Å². The van der Waals surface area contributed by atoms with Gasteiger partial charge in [0.1, 0.15) is 12.3 Å². The van der Waals surface area contributed by atoms with Crippen molar-refractivity contribution < 1.29 is 22.7 Å². The zero-order valence-corrected chi connectivity index (χ0v) is 19.6. The van der Waals surface area contributed by atoms with Gasteiger partial charge in [-0.25, -0.2) is 4.68 Å². The van der Waals surface area contributed by atoms with Crippen LogP contribution in [0.4, 0.5) is 18.9 Å². The molecule has 32 heavy (non-hydrogen) atoms. The summed E-state index contributed by atoms with van der Waals surface area (Å²) in [6.07, 6.45) is -4.40. The maximum Gasteiger partial charge on any atom is 0.434 e. The lowest BCUT2D eigenvalue weighted by atomic mass is 10.1. The maximum absolute atomic E-state index is 13.6. The Morgan fingerprint density at radius 1 is 1.19 bits per heavy atom. The molecule has 0 spiro atoms. The van der Waals surface area contributed by atoms with Crippen molar-refractivity contribution in [2.24, 2.45) is 5.92 Å². The highest BCUT2D eigenvalue weighted by Crippen LogP contribution is 2.37. The number of carbonyl (C=O) groups excluding carboxylic acids is 1. The van der Waals surface area contributed by atoms with Crippen molar-refractivity contribution in [1.82, 2.24) is 14.7 Å². The van der Waals surface area contributed by atoms with E-state index in [0.717, 1.165) is 5.69 Å². The number of carbonyl (C=O) groups is 1. The summed E-state index contributed by atoms with van der Waals surface area (Å²) in [5.74, 6) is 0.196. The molecule has 1 saturated heterocycles. The van der Waals surface area contributed by atoms with Gasteiger partial charge in [0.15, 0.2) is 5.69 Å². The SMILES string of the molecule is COc1cc(N2CCN(C(=O)Cn3nc(CC(C)C)c(Cl)c3C(F)(F)F)CC2)ccc1Cl. The van der Waals surface area contributed by atoms with Gasteiger partial charge in [-0.2, -0.15) is 18.3 Å². The zero-order chi connectivity index (χ0) is 23.6. The molecular formula is C21H25Cl2F3N4O2. The molecule has 0 N–H and O–H groups in total. The Hall–Kier alpha value is -2.13. The van der Waals surface area contributed by atoms with E-state index in [4.69, 9.17) is 27.9 Å². The van der Waals surface area contributed by atoms with Crippen molar-refractivity contribution in [2.45, 2.75) is 33.0 Å². The number of amides is 1. The average Bonchev–Trinajstić information content (AvgIpc) is 3.02. The summed E-state index contributed by atoms with van der Waals surface area (Å²) >= 11 is 12.1. The lowest BCUT2D eigenvalue weighted by molar-refractivity contribution is -0.145.